The second kappa shape index (κ2) is 7.77. The first-order valence-electron chi connectivity index (χ1n) is 7.26. The van der Waals surface area contributed by atoms with Crippen molar-refractivity contribution in [2.75, 3.05) is 18.9 Å². The number of amides is 1. The van der Waals surface area contributed by atoms with Crippen molar-refractivity contribution in [2.24, 2.45) is 0 Å². The van der Waals surface area contributed by atoms with Crippen molar-refractivity contribution in [1.29, 1.82) is 0 Å². The summed E-state index contributed by atoms with van der Waals surface area (Å²) in [5.74, 6) is 0.482. The predicted molar refractivity (Wildman–Crippen MR) is 94.8 cm³/mol. The van der Waals surface area contributed by atoms with Gasteiger partial charge in [-0.1, -0.05) is 37.6 Å². The molecule has 0 fully saturated rings. The molecular formula is C17H21ClN2OS. The first kappa shape index (κ1) is 17.0. The third kappa shape index (κ3) is 5.13. The van der Waals surface area contributed by atoms with E-state index in [0.29, 0.717) is 12.5 Å². The lowest BCUT2D eigenvalue weighted by atomic mass is 10.0. The van der Waals surface area contributed by atoms with Gasteiger partial charge in [0.1, 0.15) is 0 Å². The van der Waals surface area contributed by atoms with Crippen molar-refractivity contribution in [1.82, 2.24) is 4.90 Å². The van der Waals surface area contributed by atoms with Gasteiger partial charge in [-0.15, -0.1) is 11.3 Å². The summed E-state index contributed by atoms with van der Waals surface area (Å²) in [6.45, 7) is 5.37. The van der Waals surface area contributed by atoms with Gasteiger partial charge in [0.2, 0.25) is 5.91 Å². The largest absolute Gasteiger partial charge is 0.325 e. The minimum Gasteiger partial charge on any atom is -0.325 e. The molecule has 0 atom stereocenters. The number of carbonyl (C=O) groups is 1. The average molecular weight is 337 g/mol. The standard InChI is InChI=1S/C17H21ClN2OS/c1-12(2)13-4-6-14(7-5-13)19-17(21)11-20(3)10-15-8-9-16(18)22-15/h4-9,12H,10-11H2,1-3H3,(H,19,21). The van der Waals surface area contributed by atoms with Crippen LogP contribution in [0.3, 0.4) is 0 Å². The first-order chi connectivity index (χ1) is 10.4. The molecule has 2 rings (SSSR count). The summed E-state index contributed by atoms with van der Waals surface area (Å²) in [4.78, 5) is 15.2. The van der Waals surface area contributed by atoms with Crippen molar-refractivity contribution in [2.45, 2.75) is 26.3 Å². The lowest BCUT2D eigenvalue weighted by Crippen LogP contribution is -2.29. The van der Waals surface area contributed by atoms with Gasteiger partial charge in [-0.25, -0.2) is 0 Å². The van der Waals surface area contributed by atoms with Gasteiger partial charge in [-0.3, -0.25) is 9.69 Å². The number of nitrogens with zero attached hydrogens (tertiary/aromatic N) is 1. The van der Waals surface area contributed by atoms with E-state index in [0.717, 1.165) is 21.4 Å². The summed E-state index contributed by atoms with van der Waals surface area (Å²) in [7, 11) is 1.93. The number of carbonyl (C=O) groups excluding carboxylic acids is 1. The number of thiophene rings is 1. The van der Waals surface area contributed by atoms with Crippen molar-refractivity contribution >= 4 is 34.5 Å². The van der Waals surface area contributed by atoms with Crippen molar-refractivity contribution < 1.29 is 4.79 Å². The summed E-state index contributed by atoms with van der Waals surface area (Å²) in [5, 5.41) is 2.93. The Hall–Kier alpha value is -1.36. The van der Waals surface area contributed by atoms with Crippen LogP contribution >= 0.6 is 22.9 Å². The molecule has 0 radical (unpaired) electrons. The van der Waals surface area contributed by atoms with Crippen LogP contribution in [0.2, 0.25) is 4.34 Å². The van der Waals surface area contributed by atoms with E-state index >= 15 is 0 Å². The van der Waals surface area contributed by atoms with E-state index < -0.39 is 0 Å². The van der Waals surface area contributed by atoms with E-state index in [1.54, 1.807) is 11.3 Å². The zero-order chi connectivity index (χ0) is 16.1. The number of hydrogen-bond donors (Lipinski definition) is 1. The molecule has 0 saturated heterocycles. The highest BCUT2D eigenvalue weighted by Crippen LogP contribution is 2.22. The number of likely N-dealkylation sites (N-methyl/N-ethyl adjacent to an activating group) is 1. The second-order valence-electron chi connectivity index (χ2n) is 5.70. The molecule has 0 spiro atoms. The number of rotatable bonds is 6. The summed E-state index contributed by atoms with van der Waals surface area (Å²) in [6, 6.07) is 11.9. The Morgan fingerprint density at radius 2 is 1.91 bits per heavy atom. The van der Waals surface area contributed by atoms with E-state index in [-0.39, 0.29) is 5.91 Å². The highest BCUT2D eigenvalue weighted by atomic mass is 35.5. The van der Waals surface area contributed by atoms with Crippen LogP contribution in [0.25, 0.3) is 0 Å². The fraction of sp³-hybridized carbons (Fsp3) is 0.353. The van der Waals surface area contributed by atoms with Gasteiger partial charge in [0, 0.05) is 17.1 Å². The van der Waals surface area contributed by atoms with Crippen LogP contribution in [0.5, 0.6) is 0 Å². The lowest BCUT2D eigenvalue weighted by Gasteiger charge is -2.15. The number of anilines is 1. The van der Waals surface area contributed by atoms with Gasteiger partial charge in [-0.05, 0) is 42.8 Å². The minimum atomic E-state index is -0.0116. The molecule has 0 aliphatic rings. The zero-order valence-corrected chi connectivity index (χ0v) is 14.7. The first-order valence-corrected chi connectivity index (χ1v) is 8.46. The third-order valence-corrected chi connectivity index (χ3v) is 4.55. The summed E-state index contributed by atoms with van der Waals surface area (Å²) in [5.41, 5.74) is 2.10. The van der Waals surface area contributed by atoms with E-state index in [2.05, 4.69) is 31.3 Å². The molecule has 5 heteroatoms. The maximum atomic E-state index is 12.1. The molecule has 1 aromatic heterocycles. The third-order valence-electron chi connectivity index (χ3n) is 3.33. The molecular weight excluding hydrogens is 316 g/mol. The highest BCUT2D eigenvalue weighted by molar-refractivity contribution is 7.16. The number of nitrogens with one attached hydrogen (secondary N) is 1. The van der Waals surface area contributed by atoms with Crippen LogP contribution < -0.4 is 5.32 Å². The fourth-order valence-corrected chi connectivity index (χ4v) is 3.32. The Morgan fingerprint density at radius 1 is 1.23 bits per heavy atom. The number of halogens is 1. The molecule has 3 nitrogen and oxygen atoms in total. The maximum Gasteiger partial charge on any atom is 0.238 e. The van der Waals surface area contributed by atoms with Gasteiger partial charge in [0.05, 0.1) is 10.9 Å². The Bertz CT molecular complexity index is 622. The number of hydrogen-bond acceptors (Lipinski definition) is 3. The lowest BCUT2D eigenvalue weighted by molar-refractivity contribution is -0.117. The Kier molecular flexibility index (Phi) is 6.00. The van der Waals surface area contributed by atoms with E-state index in [1.165, 1.54) is 5.56 Å². The molecule has 1 heterocycles. The molecule has 0 aliphatic heterocycles. The number of benzene rings is 1. The van der Waals surface area contributed by atoms with E-state index in [4.69, 9.17) is 11.6 Å². The van der Waals surface area contributed by atoms with Crippen molar-refractivity contribution in [3.63, 3.8) is 0 Å². The smallest absolute Gasteiger partial charge is 0.238 e. The molecule has 1 N–H and O–H groups in total. The second-order valence-corrected chi connectivity index (χ2v) is 7.50. The normalized spacial score (nSPS) is 11.2. The predicted octanol–water partition coefficient (Wildman–Crippen LogP) is 4.60. The van der Waals surface area contributed by atoms with Crippen LogP contribution in [0.15, 0.2) is 36.4 Å². The van der Waals surface area contributed by atoms with Crippen LogP contribution in [0, 0.1) is 0 Å². The van der Waals surface area contributed by atoms with Gasteiger partial charge >= 0.3 is 0 Å². The molecule has 118 valence electrons. The van der Waals surface area contributed by atoms with Crippen LogP contribution in [-0.4, -0.2) is 24.4 Å². The van der Waals surface area contributed by atoms with Crippen LogP contribution in [-0.2, 0) is 11.3 Å². The molecule has 0 aliphatic carbocycles. The summed E-state index contributed by atoms with van der Waals surface area (Å²) in [6.07, 6.45) is 0. The minimum absolute atomic E-state index is 0.0116. The van der Waals surface area contributed by atoms with Crippen LogP contribution in [0.4, 0.5) is 5.69 Å². The summed E-state index contributed by atoms with van der Waals surface area (Å²) < 4.78 is 0.776. The molecule has 1 amide bonds. The van der Waals surface area contributed by atoms with E-state index in [1.807, 2.05) is 36.2 Å². The monoisotopic (exact) mass is 336 g/mol. The molecule has 0 saturated carbocycles. The Balaban J connectivity index is 1.84. The summed E-state index contributed by atoms with van der Waals surface area (Å²) >= 11 is 7.46. The Labute approximate surface area is 140 Å². The Morgan fingerprint density at radius 3 is 2.45 bits per heavy atom. The topological polar surface area (TPSA) is 32.3 Å². The molecule has 22 heavy (non-hydrogen) atoms. The zero-order valence-electron chi connectivity index (χ0n) is 13.1. The van der Waals surface area contributed by atoms with Gasteiger partial charge in [-0.2, -0.15) is 0 Å². The quantitative estimate of drug-likeness (QED) is 0.836. The van der Waals surface area contributed by atoms with Crippen molar-refractivity contribution in [3.8, 4) is 0 Å². The van der Waals surface area contributed by atoms with Gasteiger partial charge in [0.15, 0.2) is 0 Å². The van der Waals surface area contributed by atoms with E-state index in [9.17, 15) is 4.79 Å². The average Bonchev–Trinajstić information content (AvgIpc) is 2.84. The van der Waals surface area contributed by atoms with Crippen molar-refractivity contribution in [3.05, 3.63) is 51.2 Å². The highest BCUT2D eigenvalue weighted by Gasteiger charge is 2.09. The van der Waals surface area contributed by atoms with Crippen LogP contribution in [0.1, 0.15) is 30.2 Å². The fourth-order valence-electron chi connectivity index (χ4n) is 2.16. The molecule has 2 aromatic rings. The molecule has 1 aromatic carbocycles. The maximum absolute atomic E-state index is 12.1. The molecule has 0 bridgehead atoms. The van der Waals surface area contributed by atoms with Gasteiger partial charge in [0.25, 0.3) is 0 Å². The SMILES string of the molecule is CC(C)c1ccc(NC(=O)CN(C)Cc2ccc(Cl)s2)cc1. The van der Waals surface area contributed by atoms with Gasteiger partial charge < -0.3 is 5.32 Å². The molecule has 0 unspecified atom stereocenters.